The summed E-state index contributed by atoms with van der Waals surface area (Å²) in [5.74, 6) is -1.17. The van der Waals surface area contributed by atoms with Crippen LogP contribution in [0.25, 0.3) is 0 Å². The number of benzene rings is 1. The van der Waals surface area contributed by atoms with E-state index in [1.165, 1.54) is 11.8 Å². The number of likely N-dealkylation sites (tertiary alicyclic amines) is 1. The van der Waals surface area contributed by atoms with E-state index in [0.717, 1.165) is 5.56 Å². The summed E-state index contributed by atoms with van der Waals surface area (Å²) in [7, 11) is 0. The first-order chi connectivity index (χ1) is 11.5. The van der Waals surface area contributed by atoms with Crippen LogP contribution in [0.3, 0.4) is 0 Å². The van der Waals surface area contributed by atoms with Gasteiger partial charge in [0.05, 0.1) is 6.61 Å². The molecule has 2 amide bonds. The van der Waals surface area contributed by atoms with E-state index in [4.69, 9.17) is 9.57 Å². The van der Waals surface area contributed by atoms with Gasteiger partial charge in [0.15, 0.2) is 0 Å². The average Bonchev–Trinajstić information content (AvgIpc) is 2.56. The molecule has 24 heavy (non-hydrogen) atoms. The number of rotatable bonds is 6. The van der Waals surface area contributed by atoms with Crippen LogP contribution in [-0.2, 0) is 25.8 Å². The minimum atomic E-state index is -1.48. The molecule has 0 spiro atoms. The molecular formula is C16H20N2O6. The number of hydroxylamine groups is 1. The topological polar surface area (TPSA) is 105 Å². The number of hydrogen-bond acceptors (Lipinski definition) is 5. The first-order valence-electron chi connectivity index (χ1n) is 7.53. The van der Waals surface area contributed by atoms with Crippen LogP contribution in [0.15, 0.2) is 30.3 Å². The zero-order valence-electron chi connectivity index (χ0n) is 13.3. The molecule has 1 aromatic carbocycles. The number of hydrogen-bond donors (Lipinski definition) is 2. The van der Waals surface area contributed by atoms with Crippen molar-refractivity contribution in [2.24, 2.45) is 0 Å². The number of aliphatic carboxylic acids is 1. The zero-order valence-corrected chi connectivity index (χ0v) is 13.3. The molecule has 0 aliphatic carbocycles. The molecule has 2 rings (SSSR count). The highest BCUT2D eigenvalue weighted by Crippen LogP contribution is 2.30. The van der Waals surface area contributed by atoms with Gasteiger partial charge in [-0.15, -0.1) is 0 Å². The maximum absolute atomic E-state index is 12.3. The smallest absolute Gasteiger partial charge is 0.342 e. The molecule has 2 atom stereocenters. The molecule has 2 N–H and O–H groups in total. The van der Waals surface area contributed by atoms with Crippen LogP contribution in [0, 0.1) is 0 Å². The monoisotopic (exact) mass is 336 g/mol. The van der Waals surface area contributed by atoms with Crippen molar-refractivity contribution in [1.29, 1.82) is 0 Å². The Bertz CT molecular complexity index is 593. The fourth-order valence-electron chi connectivity index (χ4n) is 2.71. The predicted molar refractivity (Wildman–Crippen MR) is 82.7 cm³/mol. The summed E-state index contributed by atoms with van der Waals surface area (Å²) in [4.78, 5) is 40.7. The van der Waals surface area contributed by atoms with Crippen molar-refractivity contribution < 1.29 is 29.1 Å². The van der Waals surface area contributed by atoms with Gasteiger partial charge in [-0.1, -0.05) is 30.3 Å². The fraction of sp³-hybridized carbons (Fsp3) is 0.438. The second-order valence-electron chi connectivity index (χ2n) is 5.76. The lowest BCUT2D eigenvalue weighted by atomic mass is 9.87. The molecule has 1 saturated heterocycles. The number of ether oxygens (including phenoxy) is 1. The molecule has 1 fully saturated rings. The van der Waals surface area contributed by atoms with Crippen LogP contribution >= 0.6 is 0 Å². The largest absolute Gasteiger partial charge is 0.480 e. The minimum Gasteiger partial charge on any atom is -0.480 e. The van der Waals surface area contributed by atoms with Gasteiger partial charge < -0.3 is 14.7 Å². The van der Waals surface area contributed by atoms with E-state index in [2.05, 4.69) is 5.48 Å². The fourth-order valence-corrected chi connectivity index (χ4v) is 2.71. The van der Waals surface area contributed by atoms with Crippen molar-refractivity contribution in [2.75, 3.05) is 6.54 Å². The summed E-state index contributed by atoms with van der Waals surface area (Å²) in [6.45, 7) is 2.03. The average molecular weight is 336 g/mol. The molecule has 2 unspecified atom stereocenters. The normalized spacial score (nSPS) is 23.4. The van der Waals surface area contributed by atoms with Crippen LogP contribution in [0.4, 0.5) is 4.79 Å². The van der Waals surface area contributed by atoms with Crippen molar-refractivity contribution in [2.45, 2.75) is 38.0 Å². The maximum atomic E-state index is 12.3. The minimum absolute atomic E-state index is 0.0210. The van der Waals surface area contributed by atoms with Gasteiger partial charge in [-0.3, -0.25) is 9.63 Å². The molecule has 130 valence electrons. The third-order valence-electron chi connectivity index (χ3n) is 4.09. The Morgan fingerprint density at radius 1 is 1.42 bits per heavy atom. The molecule has 1 aliphatic rings. The lowest BCUT2D eigenvalue weighted by molar-refractivity contribution is -0.158. The van der Waals surface area contributed by atoms with Gasteiger partial charge in [0, 0.05) is 19.4 Å². The van der Waals surface area contributed by atoms with Gasteiger partial charge in [-0.25, -0.2) is 15.1 Å². The van der Waals surface area contributed by atoms with Crippen LogP contribution < -0.4 is 5.48 Å². The van der Waals surface area contributed by atoms with Gasteiger partial charge in [0.2, 0.25) is 0 Å². The number of nitrogens with zero attached hydrogens (tertiary/aromatic N) is 1. The second-order valence-corrected chi connectivity index (χ2v) is 5.76. The molecule has 0 bridgehead atoms. The highest BCUT2D eigenvalue weighted by atomic mass is 16.7. The molecule has 1 heterocycles. The lowest BCUT2D eigenvalue weighted by Crippen LogP contribution is -2.62. The predicted octanol–water partition coefficient (Wildman–Crippen LogP) is 1.31. The van der Waals surface area contributed by atoms with Crippen LogP contribution in [0.2, 0.25) is 0 Å². The van der Waals surface area contributed by atoms with Gasteiger partial charge >= 0.3 is 12.0 Å². The van der Waals surface area contributed by atoms with Crippen molar-refractivity contribution in [3.8, 4) is 0 Å². The number of carboxylic acid groups (broad SMARTS) is 1. The van der Waals surface area contributed by atoms with Crippen molar-refractivity contribution in [1.82, 2.24) is 10.4 Å². The molecule has 8 heteroatoms. The van der Waals surface area contributed by atoms with Crippen LogP contribution in [-0.4, -0.2) is 46.7 Å². The maximum Gasteiger partial charge on any atom is 0.342 e. The molecule has 0 saturated carbocycles. The Balaban J connectivity index is 1.96. The summed E-state index contributed by atoms with van der Waals surface area (Å²) < 4.78 is 4.86. The number of urea groups is 1. The van der Waals surface area contributed by atoms with E-state index < -0.39 is 23.6 Å². The van der Waals surface area contributed by atoms with Crippen molar-refractivity contribution in [3.05, 3.63) is 35.9 Å². The third kappa shape index (κ3) is 4.02. The van der Waals surface area contributed by atoms with E-state index in [-0.39, 0.29) is 19.6 Å². The third-order valence-corrected chi connectivity index (χ3v) is 4.09. The Morgan fingerprint density at radius 3 is 2.75 bits per heavy atom. The van der Waals surface area contributed by atoms with Gasteiger partial charge in [-0.05, 0) is 12.5 Å². The van der Waals surface area contributed by atoms with Crippen LogP contribution in [0.5, 0.6) is 0 Å². The summed E-state index contributed by atoms with van der Waals surface area (Å²) >= 11 is 0. The van der Waals surface area contributed by atoms with Gasteiger partial charge in [0.1, 0.15) is 11.6 Å². The summed E-state index contributed by atoms with van der Waals surface area (Å²) in [5, 5.41) is 9.50. The highest BCUT2D eigenvalue weighted by molar-refractivity contribution is 5.86. The Labute approximate surface area is 139 Å². The van der Waals surface area contributed by atoms with E-state index in [0.29, 0.717) is 12.9 Å². The number of carbonyl (C=O) groups is 3. The van der Waals surface area contributed by atoms with Crippen molar-refractivity contribution >= 4 is 18.5 Å². The van der Waals surface area contributed by atoms with Gasteiger partial charge in [-0.2, -0.15) is 0 Å². The zero-order chi connectivity index (χ0) is 17.6. The Morgan fingerprint density at radius 2 is 2.12 bits per heavy atom. The molecule has 0 radical (unpaired) electrons. The number of carbonyl (C=O) groups excluding carboxylic acids is 2. The van der Waals surface area contributed by atoms with E-state index in [1.807, 2.05) is 30.3 Å². The Kier molecular flexibility index (Phi) is 5.75. The molecule has 1 aliphatic heterocycles. The molecule has 0 aromatic heterocycles. The SMILES string of the molecule is CC1(C(=O)O)CC(OC=O)CCN1C(=O)NOCc1ccccc1. The molecular weight excluding hydrogens is 316 g/mol. The van der Waals surface area contributed by atoms with E-state index in [1.54, 1.807) is 0 Å². The second kappa shape index (κ2) is 7.78. The molecule has 8 nitrogen and oxygen atoms in total. The quantitative estimate of drug-likeness (QED) is 0.599. The summed E-state index contributed by atoms with van der Waals surface area (Å²) in [6, 6.07) is 8.61. The first kappa shape index (κ1) is 17.7. The molecule has 1 aromatic rings. The number of amides is 2. The van der Waals surface area contributed by atoms with Crippen molar-refractivity contribution in [3.63, 3.8) is 0 Å². The Hall–Kier alpha value is -2.61. The van der Waals surface area contributed by atoms with Gasteiger partial charge in [0.25, 0.3) is 6.47 Å². The highest BCUT2D eigenvalue weighted by Gasteiger charge is 2.48. The number of piperidine rings is 1. The van der Waals surface area contributed by atoms with E-state index >= 15 is 0 Å². The summed E-state index contributed by atoms with van der Waals surface area (Å²) in [5.41, 5.74) is 1.66. The lowest BCUT2D eigenvalue weighted by Gasteiger charge is -2.43. The standard InChI is InChI=1S/C16H20N2O6/c1-16(14(20)21)9-13(23-11-19)7-8-18(16)15(22)17-24-10-12-5-3-2-4-6-12/h2-6,11,13H,7-10H2,1H3,(H,17,22)(H,20,21). The van der Waals surface area contributed by atoms with Crippen LogP contribution in [0.1, 0.15) is 25.3 Å². The number of nitrogens with one attached hydrogen (secondary N) is 1. The van der Waals surface area contributed by atoms with E-state index in [9.17, 15) is 19.5 Å². The first-order valence-corrected chi connectivity index (χ1v) is 7.53. The summed E-state index contributed by atoms with van der Waals surface area (Å²) in [6.07, 6.45) is -0.140. The number of carboxylic acids is 1.